The van der Waals surface area contributed by atoms with E-state index in [1.807, 2.05) is 24.4 Å². The van der Waals surface area contributed by atoms with Gasteiger partial charge in [-0.1, -0.05) is 6.07 Å². The molecule has 25 heavy (non-hydrogen) atoms. The molecule has 0 aliphatic carbocycles. The summed E-state index contributed by atoms with van der Waals surface area (Å²) < 4.78 is 29.3. The molecule has 1 amide bonds. The fraction of sp³-hybridized carbons (Fsp3) is 0.412. The van der Waals surface area contributed by atoms with E-state index in [1.165, 1.54) is 0 Å². The lowest BCUT2D eigenvalue weighted by molar-refractivity contribution is 0.0678. The monoisotopic (exact) mass is 380 g/mol. The lowest BCUT2D eigenvalue weighted by Crippen LogP contribution is -2.40. The van der Waals surface area contributed by atoms with Gasteiger partial charge in [0, 0.05) is 17.1 Å². The van der Waals surface area contributed by atoms with E-state index in [-0.39, 0.29) is 29.3 Å². The number of hydrogen-bond donors (Lipinski definition) is 0. The highest BCUT2D eigenvalue weighted by atomic mass is 32.2. The van der Waals surface area contributed by atoms with Crippen LogP contribution in [-0.4, -0.2) is 48.4 Å². The predicted octanol–water partition coefficient (Wildman–Crippen LogP) is 2.37. The molecule has 2 aromatic heterocycles. The quantitative estimate of drug-likeness (QED) is 0.769. The minimum absolute atomic E-state index is 0.00828. The number of sulfone groups is 1. The number of amides is 1. The molecule has 0 spiro atoms. The number of rotatable bonds is 6. The van der Waals surface area contributed by atoms with Crippen molar-refractivity contribution in [3.8, 4) is 5.88 Å². The van der Waals surface area contributed by atoms with E-state index in [9.17, 15) is 13.2 Å². The number of aromatic nitrogens is 1. The molecular formula is C17H20N2O4S2. The Bertz CT molecular complexity index is 834. The van der Waals surface area contributed by atoms with Gasteiger partial charge in [-0.05, 0) is 36.9 Å². The second kappa shape index (κ2) is 7.53. The van der Waals surface area contributed by atoms with Crippen molar-refractivity contribution < 1.29 is 17.9 Å². The highest BCUT2D eigenvalue weighted by Crippen LogP contribution is 2.26. The SMILES string of the molecule is CCOc1ncccc1C(=O)N(Cc1cccs1)C1CCS(=O)(=O)C1. The van der Waals surface area contributed by atoms with Crippen LogP contribution in [0.3, 0.4) is 0 Å². The number of hydrogen-bond acceptors (Lipinski definition) is 6. The Kier molecular flexibility index (Phi) is 5.39. The fourth-order valence-corrected chi connectivity index (χ4v) is 5.35. The van der Waals surface area contributed by atoms with Gasteiger partial charge in [-0.15, -0.1) is 11.3 Å². The van der Waals surface area contributed by atoms with Gasteiger partial charge in [-0.25, -0.2) is 13.4 Å². The van der Waals surface area contributed by atoms with E-state index in [2.05, 4.69) is 4.98 Å². The van der Waals surface area contributed by atoms with Crippen molar-refractivity contribution in [3.63, 3.8) is 0 Å². The van der Waals surface area contributed by atoms with Gasteiger partial charge >= 0.3 is 0 Å². The van der Waals surface area contributed by atoms with Crippen LogP contribution >= 0.6 is 11.3 Å². The van der Waals surface area contributed by atoms with Crippen LogP contribution < -0.4 is 4.74 Å². The fourth-order valence-electron chi connectivity index (χ4n) is 2.92. The molecule has 3 rings (SSSR count). The zero-order valence-corrected chi connectivity index (χ0v) is 15.6. The molecule has 1 atom stereocenters. The minimum atomic E-state index is -3.09. The molecule has 3 heterocycles. The summed E-state index contributed by atoms with van der Waals surface area (Å²) in [6, 6.07) is 6.90. The number of nitrogens with zero attached hydrogens (tertiary/aromatic N) is 2. The van der Waals surface area contributed by atoms with Crippen LogP contribution in [-0.2, 0) is 16.4 Å². The lowest BCUT2D eigenvalue weighted by Gasteiger charge is -2.28. The molecule has 2 aromatic rings. The maximum absolute atomic E-state index is 13.2. The van der Waals surface area contributed by atoms with E-state index in [1.54, 1.807) is 34.6 Å². The molecule has 134 valence electrons. The lowest BCUT2D eigenvalue weighted by atomic mass is 10.1. The van der Waals surface area contributed by atoms with E-state index in [4.69, 9.17) is 4.74 Å². The normalized spacial score (nSPS) is 18.8. The third-order valence-electron chi connectivity index (χ3n) is 4.10. The van der Waals surface area contributed by atoms with Crippen molar-refractivity contribution in [3.05, 3.63) is 46.3 Å². The van der Waals surface area contributed by atoms with Crippen molar-refractivity contribution in [2.75, 3.05) is 18.1 Å². The smallest absolute Gasteiger partial charge is 0.259 e. The van der Waals surface area contributed by atoms with E-state index < -0.39 is 9.84 Å². The highest BCUT2D eigenvalue weighted by molar-refractivity contribution is 7.91. The highest BCUT2D eigenvalue weighted by Gasteiger charge is 2.36. The zero-order chi connectivity index (χ0) is 17.9. The standard InChI is InChI=1S/C17H20N2O4S2/c1-2-23-16-15(6-3-8-18-16)17(20)19(11-14-5-4-9-24-14)13-7-10-25(21,22)12-13/h3-6,8-9,13H,2,7,10-12H2,1H3. The Hall–Kier alpha value is -1.93. The first-order valence-electron chi connectivity index (χ1n) is 8.12. The molecular weight excluding hydrogens is 360 g/mol. The van der Waals surface area contributed by atoms with E-state index in [0.717, 1.165) is 4.88 Å². The molecule has 0 radical (unpaired) electrons. The number of pyridine rings is 1. The summed E-state index contributed by atoms with van der Waals surface area (Å²) in [6.45, 7) is 2.62. The second-order valence-corrected chi connectivity index (χ2v) is 9.12. The molecule has 1 saturated heterocycles. The van der Waals surface area contributed by atoms with Gasteiger partial charge in [0.2, 0.25) is 5.88 Å². The third-order valence-corrected chi connectivity index (χ3v) is 6.71. The van der Waals surface area contributed by atoms with E-state index in [0.29, 0.717) is 25.1 Å². The molecule has 1 aliphatic rings. The van der Waals surface area contributed by atoms with Gasteiger partial charge in [0.25, 0.3) is 5.91 Å². The summed E-state index contributed by atoms with van der Waals surface area (Å²) >= 11 is 1.55. The zero-order valence-electron chi connectivity index (χ0n) is 13.9. The maximum Gasteiger partial charge on any atom is 0.259 e. The first-order chi connectivity index (χ1) is 12.0. The van der Waals surface area contributed by atoms with Gasteiger partial charge in [-0.2, -0.15) is 0 Å². The van der Waals surface area contributed by atoms with Gasteiger partial charge < -0.3 is 9.64 Å². The van der Waals surface area contributed by atoms with Crippen molar-refractivity contribution >= 4 is 27.1 Å². The largest absolute Gasteiger partial charge is 0.477 e. The average molecular weight is 380 g/mol. The molecule has 0 bridgehead atoms. The van der Waals surface area contributed by atoms with Crippen molar-refractivity contribution in [1.29, 1.82) is 0 Å². The summed E-state index contributed by atoms with van der Waals surface area (Å²) in [5, 5.41) is 1.94. The van der Waals surface area contributed by atoms with Crippen LogP contribution in [0.4, 0.5) is 0 Å². The Morgan fingerprint density at radius 2 is 2.24 bits per heavy atom. The molecule has 0 N–H and O–H groups in total. The average Bonchev–Trinajstić information content (AvgIpc) is 3.22. The third kappa shape index (κ3) is 4.19. The molecule has 0 saturated carbocycles. The van der Waals surface area contributed by atoms with E-state index >= 15 is 0 Å². The van der Waals surface area contributed by atoms with Crippen LogP contribution in [0, 0.1) is 0 Å². The predicted molar refractivity (Wildman–Crippen MR) is 96.7 cm³/mol. The minimum Gasteiger partial charge on any atom is -0.477 e. The first kappa shape index (κ1) is 17.9. The van der Waals surface area contributed by atoms with Crippen LogP contribution in [0.1, 0.15) is 28.6 Å². The van der Waals surface area contributed by atoms with Crippen LogP contribution in [0.5, 0.6) is 5.88 Å². The summed E-state index contributed by atoms with van der Waals surface area (Å²) in [6.07, 6.45) is 2.04. The number of carbonyl (C=O) groups is 1. The van der Waals surface area contributed by atoms with Crippen LogP contribution in [0.15, 0.2) is 35.8 Å². The van der Waals surface area contributed by atoms with Crippen molar-refractivity contribution in [1.82, 2.24) is 9.88 Å². The summed E-state index contributed by atoms with van der Waals surface area (Å²) in [5.74, 6) is 0.171. The molecule has 1 aliphatic heterocycles. The second-order valence-electron chi connectivity index (χ2n) is 5.86. The molecule has 0 aromatic carbocycles. The Morgan fingerprint density at radius 3 is 2.88 bits per heavy atom. The molecule has 6 nitrogen and oxygen atoms in total. The number of ether oxygens (including phenoxy) is 1. The van der Waals surface area contributed by atoms with Crippen LogP contribution in [0.2, 0.25) is 0 Å². The van der Waals surface area contributed by atoms with Crippen LogP contribution in [0.25, 0.3) is 0 Å². The van der Waals surface area contributed by atoms with Crippen molar-refractivity contribution in [2.45, 2.75) is 25.9 Å². The Balaban J connectivity index is 1.92. The number of carbonyl (C=O) groups excluding carboxylic acids is 1. The van der Waals surface area contributed by atoms with Gasteiger partial charge in [0.1, 0.15) is 5.56 Å². The number of thiophene rings is 1. The summed E-state index contributed by atoms with van der Waals surface area (Å²) in [7, 11) is -3.09. The molecule has 8 heteroatoms. The molecule has 1 unspecified atom stereocenters. The summed E-state index contributed by atoms with van der Waals surface area (Å²) in [4.78, 5) is 20.0. The summed E-state index contributed by atoms with van der Waals surface area (Å²) in [5.41, 5.74) is 0.366. The molecule has 1 fully saturated rings. The van der Waals surface area contributed by atoms with Gasteiger partial charge in [0.05, 0.1) is 24.7 Å². The first-order valence-corrected chi connectivity index (χ1v) is 10.8. The van der Waals surface area contributed by atoms with Gasteiger partial charge in [0.15, 0.2) is 9.84 Å². The van der Waals surface area contributed by atoms with Crippen molar-refractivity contribution in [2.24, 2.45) is 0 Å². The maximum atomic E-state index is 13.2. The Labute approximate surface area is 151 Å². The topological polar surface area (TPSA) is 76.6 Å². The Morgan fingerprint density at radius 1 is 1.40 bits per heavy atom. The van der Waals surface area contributed by atoms with Gasteiger partial charge in [-0.3, -0.25) is 4.79 Å².